The van der Waals surface area contributed by atoms with Crippen molar-refractivity contribution in [3.05, 3.63) is 50.7 Å². The molecule has 1 atom stereocenters. The van der Waals surface area contributed by atoms with Crippen LogP contribution in [-0.4, -0.2) is 34.5 Å². The van der Waals surface area contributed by atoms with Crippen molar-refractivity contribution in [2.24, 2.45) is 5.92 Å². The number of anilines is 3. The van der Waals surface area contributed by atoms with E-state index in [0.717, 1.165) is 28.4 Å². The molecular formula is C22H26F3N5O4. The molecule has 2 heterocycles. The number of nitrogens with zero attached hydrogens (tertiary/aromatic N) is 3. The number of nitrogens with one attached hydrogen (secondary N) is 1. The van der Waals surface area contributed by atoms with Gasteiger partial charge in [-0.05, 0) is 31.5 Å². The second-order valence-corrected chi connectivity index (χ2v) is 8.03. The summed E-state index contributed by atoms with van der Waals surface area (Å²) in [4.78, 5) is 55.1. The molecule has 1 fully saturated rings. The number of aromatic amines is 1. The average molecular weight is 481 g/mol. The third-order valence-electron chi connectivity index (χ3n) is 5.76. The zero-order valence-corrected chi connectivity index (χ0v) is 18.8. The van der Waals surface area contributed by atoms with Gasteiger partial charge >= 0.3 is 11.9 Å². The van der Waals surface area contributed by atoms with E-state index in [1.807, 2.05) is 6.92 Å². The number of alkyl halides is 3. The maximum Gasteiger partial charge on any atom is 0.416 e. The number of benzene rings is 1. The first-order valence-electron chi connectivity index (χ1n) is 10.9. The van der Waals surface area contributed by atoms with Crippen LogP contribution in [0.3, 0.4) is 0 Å². The van der Waals surface area contributed by atoms with Crippen LogP contribution in [0.1, 0.15) is 38.7 Å². The number of H-pyrrole nitrogens is 1. The molecule has 0 radical (unpaired) electrons. The number of nitrogen functional groups attached to an aromatic ring is 1. The van der Waals surface area contributed by atoms with E-state index in [1.54, 1.807) is 6.92 Å². The molecule has 3 N–H and O–H groups in total. The number of amides is 2. The number of nitrogens with two attached hydrogens (primary N) is 1. The minimum Gasteiger partial charge on any atom is -0.383 e. The number of unbranched alkanes of at least 4 members (excludes halogenated alkanes) is 1. The lowest BCUT2D eigenvalue weighted by Crippen LogP contribution is -2.44. The predicted molar refractivity (Wildman–Crippen MR) is 121 cm³/mol. The van der Waals surface area contributed by atoms with Crippen LogP contribution in [0.4, 0.5) is 30.4 Å². The van der Waals surface area contributed by atoms with E-state index in [2.05, 4.69) is 4.98 Å². The Morgan fingerprint density at radius 2 is 1.94 bits per heavy atom. The van der Waals surface area contributed by atoms with Crippen molar-refractivity contribution in [1.29, 1.82) is 0 Å². The van der Waals surface area contributed by atoms with Crippen molar-refractivity contribution in [2.45, 2.75) is 45.8 Å². The Hall–Kier alpha value is -3.57. The largest absolute Gasteiger partial charge is 0.416 e. The number of rotatable bonds is 7. The first kappa shape index (κ1) is 25.1. The summed E-state index contributed by atoms with van der Waals surface area (Å²) in [5, 5.41) is 0. The average Bonchev–Trinajstić information content (AvgIpc) is 3.17. The van der Waals surface area contributed by atoms with Gasteiger partial charge in [0.05, 0.1) is 11.5 Å². The van der Waals surface area contributed by atoms with Gasteiger partial charge in [0.25, 0.3) is 5.56 Å². The van der Waals surface area contributed by atoms with Gasteiger partial charge < -0.3 is 15.5 Å². The van der Waals surface area contributed by atoms with Crippen molar-refractivity contribution < 1.29 is 22.8 Å². The summed E-state index contributed by atoms with van der Waals surface area (Å²) in [5.41, 5.74) is 3.53. The first-order valence-corrected chi connectivity index (χ1v) is 10.9. The Balaban J connectivity index is 1.91. The molecule has 1 aliphatic rings. The minimum atomic E-state index is -4.58. The van der Waals surface area contributed by atoms with E-state index in [9.17, 15) is 32.3 Å². The fraction of sp³-hybridized carbons (Fsp3) is 0.455. The van der Waals surface area contributed by atoms with Gasteiger partial charge in [-0.25, -0.2) is 4.79 Å². The van der Waals surface area contributed by atoms with Crippen molar-refractivity contribution >= 4 is 29.0 Å². The second kappa shape index (κ2) is 9.74. The topological polar surface area (TPSA) is 121 Å². The molecule has 1 aromatic heterocycles. The van der Waals surface area contributed by atoms with Gasteiger partial charge in [-0.3, -0.25) is 23.9 Å². The number of hydrogen-bond acceptors (Lipinski definition) is 5. The highest BCUT2D eigenvalue weighted by molar-refractivity contribution is 6.05. The summed E-state index contributed by atoms with van der Waals surface area (Å²) in [6.07, 6.45) is -3.42. The summed E-state index contributed by atoms with van der Waals surface area (Å²) >= 11 is 0. The molecule has 1 aromatic carbocycles. The van der Waals surface area contributed by atoms with Crippen molar-refractivity contribution in [3.8, 4) is 0 Å². The second-order valence-electron chi connectivity index (χ2n) is 8.03. The lowest BCUT2D eigenvalue weighted by molar-refractivity contribution is -0.137. The van der Waals surface area contributed by atoms with E-state index in [-0.39, 0.29) is 43.2 Å². The molecule has 1 saturated heterocycles. The Labute approximate surface area is 193 Å². The van der Waals surface area contributed by atoms with Crippen molar-refractivity contribution in [1.82, 2.24) is 9.55 Å². The van der Waals surface area contributed by atoms with Gasteiger partial charge in [0.1, 0.15) is 5.82 Å². The van der Waals surface area contributed by atoms with Crippen molar-refractivity contribution in [3.63, 3.8) is 0 Å². The third kappa shape index (κ3) is 4.85. The third-order valence-corrected chi connectivity index (χ3v) is 5.76. The molecule has 1 aliphatic heterocycles. The van der Waals surface area contributed by atoms with Gasteiger partial charge in [-0.1, -0.05) is 19.4 Å². The standard InChI is InChI=1S/C22H26F3N5O4/c1-3-5-9-29-18(26)17(19(32)27-21(29)34)28(4-2)20(33)13-10-16(31)30(12-13)15-8-6-7-14(11-15)22(23,24)25/h6-8,11,13H,3-5,9-10,12,26H2,1-2H3,(H,27,32,34). The van der Waals surface area contributed by atoms with E-state index in [1.165, 1.54) is 16.7 Å². The number of hydrogen-bond donors (Lipinski definition) is 2. The van der Waals surface area contributed by atoms with Gasteiger partial charge in [0, 0.05) is 31.7 Å². The van der Waals surface area contributed by atoms with Gasteiger partial charge in [0.15, 0.2) is 5.69 Å². The fourth-order valence-electron chi connectivity index (χ4n) is 3.99. The van der Waals surface area contributed by atoms with Crippen LogP contribution in [0.2, 0.25) is 0 Å². The molecule has 3 rings (SSSR count). The van der Waals surface area contributed by atoms with E-state index >= 15 is 0 Å². The molecular weight excluding hydrogens is 455 g/mol. The highest BCUT2D eigenvalue weighted by Gasteiger charge is 2.39. The number of carbonyl (C=O) groups excluding carboxylic acids is 2. The maximum absolute atomic E-state index is 13.3. The molecule has 2 aromatic rings. The van der Waals surface area contributed by atoms with Gasteiger partial charge in [-0.2, -0.15) is 13.2 Å². The minimum absolute atomic E-state index is 0.0312. The van der Waals surface area contributed by atoms with E-state index < -0.39 is 40.7 Å². The molecule has 0 saturated carbocycles. The molecule has 12 heteroatoms. The van der Waals surface area contributed by atoms with Crippen LogP contribution in [0, 0.1) is 5.92 Å². The zero-order chi connectivity index (χ0) is 25.2. The monoisotopic (exact) mass is 481 g/mol. The normalized spacial score (nSPS) is 16.2. The molecule has 0 spiro atoms. The Morgan fingerprint density at radius 3 is 2.56 bits per heavy atom. The molecule has 0 aliphatic carbocycles. The number of halogens is 3. The summed E-state index contributed by atoms with van der Waals surface area (Å²) in [6, 6.07) is 4.31. The van der Waals surface area contributed by atoms with E-state index in [4.69, 9.17) is 5.73 Å². The van der Waals surface area contributed by atoms with Crippen molar-refractivity contribution in [2.75, 3.05) is 28.6 Å². The summed E-state index contributed by atoms with van der Waals surface area (Å²) in [7, 11) is 0. The lowest BCUT2D eigenvalue weighted by atomic mass is 10.1. The molecule has 9 nitrogen and oxygen atoms in total. The Kier molecular flexibility index (Phi) is 7.18. The quantitative estimate of drug-likeness (QED) is 0.629. The number of aromatic nitrogens is 2. The fourth-order valence-corrected chi connectivity index (χ4v) is 3.99. The Bertz CT molecular complexity index is 1200. The lowest BCUT2D eigenvalue weighted by Gasteiger charge is -2.25. The maximum atomic E-state index is 13.3. The van der Waals surface area contributed by atoms with Crippen LogP contribution >= 0.6 is 0 Å². The first-order chi connectivity index (χ1) is 16.0. The molecule has 1 unspecified atom stereocenters. The highest BCUT2D eigenvalue weighted by Crippen LogP contribution is 2.34. The highest BCUT2D eigenvalue weighted by atomic mass is 19.4. The van der Waals surface area contributed by atoms with Crippen LogP contribution in [0.15, 0.2) is 33.9 Å². The number of carbonyl (C=O) groups is 2. The van der Waals surface area contributed by atoms with E-state index in [0.29, 0.717) is 6.42 Å². The summed E-state index contributed by atoms with van der Waals surface area (Å²) in [5.74, 6) is -2.15. The smallest absolute Gasteiger partial charge is 0.383 e. The van der Waals surface area contributed by atoms with Gasteiger partial charge in [-0.15, -0.1) is 0 Å². The Morgan fingerprint density at radius 1 is 1.24 bits per heavy atom. The summed E-state index contributed by atoms with van der Waals surface area (Å²) < 4.78 is 40.4. The molecule has 2 amide bonds. The van der Waals surface area contributed by atoms with Crippen LogP contribution < -0.4 is 26.8 Å². The van der Waals surface area contributed by atoms with Crippen LogP contribution in [0.5, 0.6) is 0 Å². The molecule has 184 valence electrons. The zero-order valence-electron chi connectivity index (χ0n) is 18.8. The van der Waals surface area contributed by atoms with Gasteiger partial charge in [0.2, 0.25) is 11.8 Å². The van der Waals surface area contributed by atoms with Crippen LogP contribution in [0.25, 0.3) is 0 Å². The molecule has 0 bridgehead atoms. The predicted octanol–water partition coefficient (Wildman–Crippen LogP) is 2.34. The van der Waals surface area contributed by atoms with Crippen LogP contribution in [-0.2, 0) is 22.3 Å². The SMILES string of the molecule is CCCCn1c(N)c(N(CC)C(=O)C2CC(=O)N(c3cccc(C(F)(F)F)c3)C2)c(=O)[nH]c1=O. The molecule has 34 heavy (non-hydrogen) atoms. The summed E-state index contributed by atoms with van der Waals surface area (Å²) in [6.45, 7) is 3.67.